The zero-order valence-corrected chi connectivity index (χ0v) is 40.8. The van der Waals surface area contributed by atoms with Crippen LogP contribution in [0.25, 0.3) is 0 Å². The Bertz CT molecular complexity index is 1150. The van der Waals surface area contributed by atoms with Crippen LogP contribution in [0, 0.1) is 10.8 Å². The molecule has 0 fully saturated rings. The van der Waals surface area contributed by atoms with Crippen molar-refractivity contribution in [2.24, 2.45) is 10.8 Å². The van der Waals surface area contributed by atoms with Gasteiger partial charge in [0.15, 0.2) is 0 Å². The maximum absolute atomic E-state index is 13.3. The summed E-state index contributed by atoms with van der Waals surface area (Å²) in [5, 5.41) is 0. The van der Waals surface area contributed by atoms with Crippen molar-refractivity contribution in [2.45, 2.75) is 259 Å². The van der Waals surface area contributed by atoms with Gasteiger partial charge < -0.3 is 19.1 Å². The average Bonchev–Trinajstić information content (AvgIpc) is 3.14. The summed E-state index contributed by atoms with van der Waals surface area (Å²) in [7, 11) is 4.25. The Morgan fingerprint density at radius 1 is 0.600 bits per heavy atom. The summed E-state index contributed by atoms with van der Waals surface area (Å²) in [6.45, 7) is 13.8. The summed E-state index contributed by atoms with van der Waals surface area (Å²) in [5.74, 6) is -0.421. The first-order valence-electron chi connectivity index (χ1n) is 25.1. The minimum Gasteiger partial charge on any atom is -0.462 e. The van der Waals surface area contributed by atoms with Crippen molar-refractivity contribution in [3.05, 3.63) is 24.3 Å². The van der Waals surface area contributed by atoms with Gasteiger partial charge in [-0.25, -0.2) is 0 Å². The van der Waals surface area contributed by atoms with Gasteiger partial charge in [-0.15, -0.1) is 0 Å². The molecule has 0 bridgehead atoms. The van der Waals surface area contributed by atoms with Gasteiger partial charge in [-0.1, -0.05) is 142 Å². The van der Waals surface area contributed by atoms with Crippen LogP contribution in [0.15, 0.2) is 24.3 Å². The molecule has 0 radical (unpaired) electrons. The Morgan fingerprint density at radius 3 is 1.42 bits per heavy atom. The molecule has 60 heavy (non-hydrogen) atoms. The van der Waals surface area contributed by atoms with Crippen LogP contribution in [0.2, 0.25) is 0 Å². The standard InChI is InChI=1S/C53H97NO6/c1-51(2,44-52(3,4)45-54(7)8)43-50(57)59-47-39-35-31-27-23-19-15-11-9-13-17-21-25-29-33-37-41-48(55)58-46-53(5,6)60-49(56)42-38-34-30-26-22-18-14-10-12-16-20-24-28-32-36-40-47/h9-10,13-14,47H,11-12,15-46H2,1-8H3/b13-9-,14-10-. The molecule has 0 N–H and O–H groups in total. The molecule has 0 aromatic heterocycles. The van der Waals surface area contributed by atoms with Crippen LogP contribution in [0.3, 0.4) is 0 Å². The highest BCUT2D eigenvalue weighted by Gasteiger charge is 2.32. The lowest BCUT2D eigenvalue weighted by Crippen LogP contribution is -2.34. The maximum atomic E-state index is 13.3. The van der Waals surface area contributed by atoms with Gasteiger partial charge in [-0.05, 0) is 135 Å². The summed E-state index contributed by atoms with van der Waals surface area (Å²) in [6, 6.07) is 0. The number of hydrogen-bond donors (Lipinski definition) is 0. The van der Waals surface area contributed by atoms with E-state index in [4.69, 9.17) is 14.2 Å². The molecule has 1 aliphatic heterocycles. The smallest absolute Gasteiger partial charge is 0.306 e. The summed E-state index contributed by atoms with van der Waals surface area (Å²) < 4.78 is 17.4. The third-order valence-electron chi connectivity index (χ3n) is 11.7. The summed E-state index contributed by atoms with van der Waals surface area (Å²) in [4.78, 5) is 40.3. The molecule has 7 heteroatoms. The van der Waals surface area contributed by atoms with Crippen LogP contribution in [-0.4, -0.2) is 61.8 Å². The van der Waals surface area contributed by atoms with Crippen molar-refractivity contribution in [1.29, 1.82) is 0 Å². The molecule has 1 unspecified atom stereocenters. The van der Waals surface area contributed by atoms with Crippen LogP contribution in [0.5, 0.6) is 0 Å². The largest absolute Gasteiger partial charge is 0.462 e. The predicted molar refractivity (Wildman–Crippen MR) is 253 cm³/mol. The Morgan fingerprint density at radius 2 is 0.983 bits per heavy atom. The third-order valence-corrected chi connectivity index (χ3v) is 11.7. The Labute approximate surface area is 371 Å². The molecule has 1 aliphatic rings. The van der Waals surface area contributed by atoms with Gasteiger partial charge in [0.05, 0.1) is 6.42 Å². The number of nitrogens with zero attached hydrogens (tertiary/aromatic N) is 1. The van der Waals surface area contributed by atoms with E-state index in [-0.39, 0.29) is 41.4 Å². The van der Waals surface area contributed by atoms with Gasteiger partial charge in [0, 0.05) is 19.4 Å². The van der Waals surface area contributed by atoms with Gasteiger partial charge in [0.1, 0.15) is 18.3 Å². The Hall–Kier alpha value is -2.15. The predicted octanol–water partition coefficient (Wildman–Crippen LogP) is 15.0. The van der Waals surface area contributed by atoms with Gasteiger partial charge in [-0.2, -0.15) is 0 Å². The van der Waals surface area contributed by atoms with Crippen LogP contribution < -0.4 is 0 Å². The summed E-state index contributed by atoms with van der Waals surface area (Å²) >= 11 is 0. The highest BCUT2D eigenvalue weighted by atomic mass is 16.6. The molecule has 0 saturated carbocycles. The molecule has 0 amide bonds. The first-order valence-corrected chi connectivity index (χ1v) is 25.1. The van der Waals surface area contributed by atoms with E-state index in [2.05, 4.69) is 71.0 Å². The topological polar surface area (TPSA) is 82.1 Å². The number of carbonyl (C=O) groups is 3. The second kappa shape index (κ2) is 34.3. The molecule has 0 saturated heterocycles. The van der Waals surface area contributed by atoms with E-state index in [1.54, 1.807) is 0 Å². The molecule has 350 valence electrons. The number of rotatable bonds is 7. The van der Waals surface area contributed by atoms with Crippen LogP contribution >= 0.6 is 0 Å². The summed E-state index contributed by atoms with van der Waals surface area (Å²) in [6.07, 6.45) is 44.0. The van der Waals surface area contributed by atoms with Gasteiger partial charge in [0.2, 0.25) is 0 Å². The number of allylic oxidation sites excluding steroid dienone is 4. The van der Waals surface area contributed by atoms with Crippen molar-refractivity contribution < 1.29 is 28.6 Å². The van der Waals surface area contributed by atoms with E-state index in [1.807, 2.05) is 13.8 Å². The average molecular weight is 844 g/mol. The van der Waals surface area contributed by atoms with Gasteiger partial charge in [0.25, 0.3) is 0 Å². The monoisotopic (exact) mass is 844 g/mol. The van der Waals surface area contributed by atoms with E-state index in [0.29, 0.717) is 19.3 Å². The molecular weight excluding hydrogens is 747 g/mol. The SMILES string of the molecule is CN(C)CC(C)(C)CC(C)(C)CC(=O)OC1CCCCCCCC/C=C\CCCCCCCC(=O)OCC(C)(C)OC(=O)CCCCCCC/C=C\CCCCCCCC1. The van der Waals surface area contributed by atoms with Crippen molar-refractivity contribution in [1.82, 2.24) is 4.90 Å². The highest BCUT2D eigenvalue weighted by Crippen LogP contribution is 2.37. The Balaban J connectivity index is 2.58. The zero-order valence-electron chi connectivity index (χ0n) is 40.8. The molecule has 0 aromatic rings. The van der Waals surface area contributed by atoms with E-state index in [9.17, 15) is 14.4 Å². The number of carbonyl (C=O) groups excluding carboxylic acids is 3. The molecule has 0 spiro atoms. The van der Waals surface area contributed by atoms with Crippen LogP contribution in [-0.2, 0) is 28.6 Å². The highest BCUT2D eigenvalue weighted by molar-refractivity contribution is 5.71. The minimum atomic E-state index is -0.802. The molecule has 1 atom stereocenters. The number of esters is 3. The van der Waals surface area contributed by atoms with Crippen molar-refractivity contribution in [3.8, 4) is 0 Å². The van der Waals surface area contributed by atoms with Crippen molar-refractivity contribution in [2.75, 3.05) is 27.2 Å². The van der Waals surface area contributed by atoms with Gasteiger partial charge >= 0.3 is 17.9 Å². The minimum absolute atomic E-state index is 0.00987. The van der Waals surface area contributed by atoms with Crippen molar-refractivity contribution >= 4 is 17.9 Å². The maximum Gasteiger partial charge on any atom is 0.306 e. The van der Waals surface area contributed by atoms with Gasteiger partial charge in [-0.3, -0.25) is 14.4 Å². The Kier molecular flexibility index (Phi) is 32.0. The first kappa shape index (κ1) is 55.9. The molecule has 7 nitrogen and oxygen atoms in total. The normalized spacial score (nSPS) is 23.2. The number of hydrogen-bond acceptors (Lipinski definition) is 7. The second-order valence-electron chi connectivity index (χ2n) is 20.9. The first-order chi connectivity index (χ1) is 28.6. The molecule has 0 aliphatic carbocycles. The van der Waals surface area contributed by atoms with Crippen molar-refractivity contribution in [3.63, 3.8) is 0 Å². The van der Waals surface area contributed by atoms with E-state index >= 15 is 0 Å². The second-order valence-corrected chi connectivity index (χ2v) is 20.9. The number of cyclic esters (lactones) is 2. The lowest BCUT2D eigenvalue weighted by molar-refractivity contribution is -0.168. The molecule has 1 rings (SSSR count). The molecular formula is C53H97NO6. The zero-order chi connectivity index (χ0) is 44.4. The summed E-state index contributed by atoms with van der Waals surface area (Å²) in [5.41, 5.74) is -0.750. The quantitative estimate of drug-likeness (QED) is 0.143. The van der Waals surface area contributed by atoms with Crippen LogP contribution in [0.4, 0.5) is 0 Å². The number of ether oxygens (including phenoxy) is 3. The molecule has 1 heterocycles. The van der Waals surface area contributed by atoms with E-state index in [0.717, 1.165) is 103 Å². The lowest BCUT2D eigenvalue weighted by atomic mass is 9.73. The lowest BCUT2D eigenvalue weighted by Gasteiger charge is -2.36. The van der Waals surface area contributed by atoms with E-state index < -0.39 is 5.60 Å². The molecule has 0 aromatic carbocycles. The van der Waals surface area contributed by atoms with Crippen LogP contribution in [0.1, 0.15) is 247 Å². The third kappa shape index (κ3) is 35.4. The fourth-order valence-corrected chi connectivity index (χ4v) is 9.14. The fraction of sp³-hybridized carbons (Fsp3) is 0.868. The van der Waals surface area contributed by atoms with E-state index in [1.165, 1.54) is 89.9 Å². The fourth-order valence-electron chi connectivity index (χ4n) is 9.14.